The highest BCUT2D eigenvalue weighted by Crippen LogP contribution is 2.57. The Morgan fingerprint density at radius 3 is 2.03 bits per heavy atom. The Hall–Kier alpha value is -6.62. The van der Waals surface area contributed by atoms with Gasteiger partial charge in [-0.1, -0.05) is 174 Å². The van der Waals surface area contributed by atoms with Crippen LogP contribution in [-0.2, 0) is 10.8 Å². The fraction of sp³-hybridized carbons (Fsp3) is 0.123. The molecule has 0 atom stereocenters. The highest BCUT2D eigenvalue weighted by Gasteiger charge is 2.48. The summed E-state index contributed by atoms with van der Waals surface area (Å²) in [5.74, 6) is 0. The number of hydrogen-bond donors (Lipinski definition) is 0. The van der Waals surface area contributed by atoms with Crippen LogP contribution in [0.5, 0.6) is 0 Å². The molecule has 2 nitrogen and oxygen atoms in total. The van der Waals surface area contributed by atoms with Gasteiger partial charge in [-0.15, -0.1) is 11.3 Å². The fourth-order valence-electron chi connectivity index (χ4n) is 11.3. The highest BCUT2D eigenvalue weighted by molar-refractivity contribution is 7.27. The van der Waals surface area contributed by atoms with Crippen LogP contribution < -0.4 is 15.8 Å². The Bertz CT molecular complexity index is 3490. The van der Waals surface area contributed by atoms with Crippen molar-refractivity contribution in [3.8, 4) is 44.5 Å². The highest BCUT2D eigenvalue weighted by atomic mass is 32.1. The van der Waals surface area contributed by atoms with Crippen molar-refractivity contribution in [2.45, 2.75) is 45.4 Å². The Morgan fingerprint density at radius 1 is 0.525 bits per heavy atom. The lowest BCUT2D eigenvalue weighted by molar-refractivity contribution is 0.590. The van der Waals surface area contributed by atoms with Crippen molar-refractivity contribution in [3.63, 3.8) is 0 Å². The minimum absolute atomic E-state index is 0.0260. The number of fused-ring (bicyclic) bond motifs is 13. The predicted molar refractivity (Wildman–Crippen MR) is 263 cm³/mol. The minimum atomic E-state index is -0.168. The molecular formula is C57H43BN2S. The zero-order valence-electron chi connectivity index (χ0n) is 35.0. The van der Waals surface area contributed by atoms with E-state index in [-0.39, 0.29) is 17.7 Å². The van der Waals surface area contributed by atoms with Crippen molar-refractivity contribution in [1.29, 1.82) is 0 Å². The molecule has 13 rings (SSSR count). The molecule has 0 N–H and O–H groups in total. The van der Waals surface area contributed by atoms with Gasteiger partial charge in [0.25, 0.3) is 0 Å². The molecule has 10 aromatic rings. The Kier molecular flexibility index (Phi) is 7.06. The van der Waals surface area contributed by atoms with Crippen LogP contribution >= 0.6 is 11.3 Å². The third-order valence-electron chi connectivity index (χ3n) is 14.1. The van der Waals surface area contributed by atoms with Gasteiger partial charge in [0.2, 0.25) is 0 Å². The van der Waals surface area contributed by atoms with Crippen LogP contribution in [0.25, 0.3) is 75.7 Å². The number of hydrogen-bond acceptors (Lipinski definition) is 2. The second-order valence-corrected chi connectivity index (χ2v) is 19.9. The summed E-state index contributed by atoms with van der Waals surface area (Å²) in [6, 6.07) is 64.6. The predicted octanol–water partition coefficient (Wildman–Crippen LogP) is 14.4. The molecule has 290 valence electrons. The van der Waals surface area contributed by atoms with Gasteiger partial charge in [-0.3, -0.25) is 0 Å². The molecule has 3 aliphatic rings. The van der Waals surface area contributed by atoms with Crippen molar-refractivity contribution >= 4 is 77.4 Å². The van der Waals surface area contributed by atoms with Gasteiger partial charge in [0.1, 0.15) is 0 Å². The van der Waals surface area contributed by atoms with Crippen molar-refractivity contribution < 1.29 is 0 Å². The van der Waals surface area contributed by atoms with Crippen molar-refractivity contribution in [3.05, 3.63) is 187 Å². The second kappa shape index (κ2) is 12.2. The van der Waals surface area contributed by atoms with E-state index in [0.29, 0.717) is 0 Å². The number of thiophene rings is 1. The van der Waals surface area contributed by atoms with Crippen molar-refractivity contribution in [2.75, 3.05) is 4.90 Å². The molecule has 2 aromatic heterocycles. The summed E-state index contributed by atoms with van der Waals surface area (Å²) < 4.78 is 5.46. The monoisotopic (exact) mass is 798 g/mol. The van der Waals surface area contributed by atoms with E-state index in [2.05, 4.69) is 214 Å². The van der Waals surface area contributed by atoms with E-state index in [1.54, 1.807) is 0 Å². The molecule has 2 aliphatic heterocycles. The first-order chi connectivity index (χ1) is 29.7. The van der Waals surface area contributed by atoms with E-state index in [1.165, 1.54) is 120 Å². The van der Waals surface area contributed by atoms with Crippen LogP contribution in [-0.4, -0.2) is 11.3 Å². The molecule has 0 saturated carbocycles. The standard InChI is InChI=1S/C57H43BN2S/c1-56(2,3)37-27-30-47(42(33-37)35-19-10-7-11-20-35)59-48-32-36(34-17-8-6-9-18-34)31-43-38-23-16-24-41-52(38)60(53-40-22-13-15-26-49(40)61-55(41)53)58(51(43)48)46-29-28-45-50(54(46)59)39-21-12-14-25-44(39)57(45,4)5/h6-33H,1-5H3. The number of para-hydroxylation sites is 1. The smallest absolute Gasteiger partial charge is 0.333 e. The van der Waals surface area contributed by atoms with Crippen LogP contribution in [0.3, 0.4) is 0 Å². The van der Waals surface area contributed by atoms with E-state index in [9.17, 15) is 0 Å². The quantitative estimate of drug-likeness (QED) is 0.162. The number of rotatable bonds is 3. The van der Waals surface area contributed by atoms with Gasteiger partial charge in [-0.2, -0.15) is 0 Å². The lowest BCUT2D eigenvalue weighted by atomic mass is 9.44. The molecule has 0 spiro atoms. The van der Waals surface area contributed by atoms with Gasteiger partial charge in [-0.25, -0.2) is 0 Å². The zero-order valence-corrected chi connectivity index (χ0v) is 35.9. The van der Waals surface area contributed by atoms with Gasteiger partial charge in [0.05, 0.1) is 21.6 Å². The topological polar surface area (TPSA) is 8.17 Å². The van der Waals surface area contributed by atoms with E-state index in [4.69, 9.17) is 0 Å². The van der Waals surface area contributed by atoms with E-state index in [1.807, 2.05) is 11.3 Å². The second-order valence-electron chi connectivity index (χ2n) is 18.9. The molecular weight excluding hydrogens is 756 g/mol. The van der Waals surface area contributed by atoms with Crippen LogP contribution in [0, 0.1) is 0 Å². The zero-order chi connectivity index (χ0) is 40.9. The van der Waals surface area contributed by atoms with Gasteiger partial charge in [-0.05, 0) is 91.2 Å². The maximum atomic E-state index is 2.75. The first kappa shape index (κ1) is 35.2. The molecule has 4 heteroatoms. The molecule has 0 fully saturated rings. The molecule has 1 aliphatic carbocycles. The molecule has 0 amide bonds. The van der Waals surface area contributed by atoms with Crippen LogP contribution in [0.4, 0.5) is 17.1 Å². The number of aromatic nitrogens is 1. The summed E-state index contributed by atoms with van der Waals surface area (Å²) in [6.07, 6.45) is 0. The van der Waals surface area contributed by atoms with Crippen LogP contribution in [0.15, 0.2) is 170 Å². The van der Waals surface area contributed by atoms with Gasteiger partial charge < -0.3 is 9.38 Å². The molecule has 4 heterocycles. The van der Waals surface area contributed by atoms with Crippen molar-refractivity contribution in [2.24, 2.45) is 0 Å². The maximum Gasteiger partial charge on any atom is 0.333 e. The van der Waals surface area contributed by atoms with Crippen molar-refractivity contribution in [1.82, 2.24) is 4.48 Å². The SMILES string of the molecule is CC(C)(C)c1ccc(N2c3cc(-c4ccccc4)cc4c3B(c3ccc5c(c32)-c2ccccc2C5(C)C)n2c3c-4cccc3c3sc4ccccc4c32)c(-c2ccccc2)c1. The molecule has 61 heavy (non-hydrogen) atoms. The number of nitrogens with zero attached hydrogens (tertiary/aromatic N) is 2. The normalized spacial score (nSPS) is 14.4. The average molecular weight is 799 g/mol. The van der Waals surface area contributed by atoms with Gasteiger partial charge >= 0.3 is 6.85 Å². The average Bonchev–Trinajstić information content (AvgIpc) is 3.90. The molecule has 8 aromatic carbocycles. The third kappa shape index (κ3) is 4.69. The fourth-order valence-corrected chi connectivity index (χ4v) is 12.5. The Balaban J connectivity index is 1.25. The molecule has 0 bridgehead atoms. The van der Waals surface area contributed by atoms with E-state index >= 15 is 0 Å². The third-order valence-corrected chi connectivity index (χ3v) is 15.3. The Labute approximate surface area is 361 Å². The number of benzene rings is 8. The first-order valence-corrected chi connectivity index (χ1v) is 22.5. The lowest BCUT2D eigenvalue weighted by Gasteiger charge is -2.43. The molecule has 0 unspecified atom stereocenters. The molecule has 0 saturated heterocycles. The number of anilines is 3. The largest absolute Gasteiger partial charge is 0.374 e. The lowest BCUT2D eigenvalue weighted by Crippen LogP contribution is -2.57. The maximum absolute atomic E-state index is 2.75. The summed E-state index contributed by atoms with van der Waals surface area (Å²) >= 11 is 1.94. The summed E-state index contributed by atoms with van der Waals surface area (Å²) in [4.78, 5) is 2.69. The summed E-state index contributed by atoms with van der Waals surface area (Å²) in [7, 11) is 0. The minimum Gasteiger partial charge on any atom is -0.374 e. The van der Waals surface area contributed by atoms with E-state index < -0.39 is 0 Å². The summed E-state index contributed by atoms with van der Waals surface area (Å²) in [6.45, 7) is 11.8. The van der Waals surface area contributed by atoms with Crippen LogP contribution in [0.1, 0.15) is 51.3 Å². The van der Waals surface area contributed by atoms with Gasteiger partial charge in [0, 0.05) is 48.8 Å². The van der Waals surface area contributed by atoms with Crippen LogP contribution in [0.2, 0.25) is 0 Å². The molecule has 0 radical (unpaired) electrons. The summed E-state index contributed by atoms with van der Waals surface area (Å²) in [5, 5.41) is 2.67. The van der Waals surface area contributed by atoms with E-state index in [0.717, 1.165) is 0 Å². The Morgan fingerprint density at radius 2 is 1.23 bits per heavy atom. The van der Waals surface area contributed by atoms with Gasteiger partial charge in [0.15, 0.2) is 0 Å². The first-order valence-electron chi connectivity index (χ1n) is 21.6. The summed E-state index contributed by atoms with van der Waals surface area (Å²) in [5.41, 5.74) is 23.2.